The number of fused-ring (bicyclic) bond motifs is 2. The fourth-order valence-corrected chi connectivity index (χ4v) is 5.36. The fraction of sp³-hybridized carbons (Fsp3) is 0.400. The summed E-state index contributed by atoms with van der Waals surface area (Å²) < 4.78 is 12.7. The number of anilines is 2. The van der Waals surface area contributed by atoms with Gasteiger partial charge in [0.1, 0.15) is 23.0 Å². The van der Waals surface area contributed by atoms with Gasteiger partial charge >= 0.3 is 0 Å². The van der Waals surface area contributed by atoms with Crippen molar-refractivity contribution in [2.45, 2.75) is 54.3 Å². The molecular weight excluding hydrogens is 581 g/mol. The van der Waals surface area contributed by atoms with Crippen LogP contribution in [0.2, 0.25) is 0 Å². The predicted octanol–water partition coefficient (Wildman–Crippen LogP) is 5.10. The average molecular weight is 619 g/mol. The number of hydrogen-bond donors (Lipinski definition) is 0. The lowest BCUT2D eigenvalue weighted by Gasteiger charge is -2.27. The van der Waals surface area contributed by atoms with E-state index in [2.05, 4.69) is 9.88 Å². The Morgan fingerprint density at radius 2 is 1.71 bits per heavy atom. The fourth-order valence-electron chi connectivity index (χ4n) is 5.36. The van der Waals surface area contributed by atoms with Crippen molar-refractivity contribution in [1.82, 2.24) is 14.5 Å². The molecule has 0 N–H and O–H groups in total. The first-order valence-electron chi connectivity index (χ1n) is 13.5. The highest BCUT2D eigenvalue weighted by Crippen LogP contribution is 2.39. The van der Waals surface area contributed by atoms with Crippen LogP contribution in [0.4, 0.5) is 11.4 Å². The van der Waals surface area contributed by atoms with Gasteiger partial charge in [-0.15, -0.1) is 24.8 Å². The number of carbonyl (C=O) groups is 2. The van der Waals surface area contributed by atoms with Crippen LogP contribution in [0.1, 0.15) is 43.7 Å². The van der Waals surface area contributed by atoms with Gasteiger partial charge < -0.3 is 23.2 Å². The molecule has 5 rings (SSSR count). The molecule has 1 aliphatic rings. The van der Waals surface area contributed by atoms with Crippen LogP contribution in [0.5, 0.6) is 0 Å². The van der Waals surface area contributed by atoms with Crippen LogP contribution in [-0.4, -0.2) is 46.4 Å². The number of amides is 2. The number of rotatable bonds is 8. The number of oxazole rings is 1. The third kappa shape index (κ3) is 6.11. The van der Waals surface area contributed by atoms with Gasteiger partial charge in [0.15, 0.2) is 5.89 Å². The van der Waals surface area contributed by atoms with E-state index < -0.39 is 5.41 Å². The van der Waals surface area contributed by atoms with E-state index >= 15 is 0 Å². The highest BCUT2D eigenvalue weighted by atomic mass is 35.5. The lowest BCUT2D eigenvalue weighted by atomic mass is 9.90. The molecule has 0 bridgehead atoms. The summed E-state index contributed by atoms with van der Waals surface area (Å²) in [4.78, 5) is 49.5. The maximum Gasteiger partial charge on any atom is 0.261 e. The largest absolute Gasteiger partial charge is 0.461 e. The molecule has 0 saturated carbocycles. The van der Waals surface area contributed by atoms with Gasteiger partial charge in [-0.1, -0.05) is 6.07 Å². The first-order valence-corrected chi connectivity index (χ1v) is 13.5. The second-order valence-corrected chi connectivity index (χ2v) is 10.9. The summed E-state index contributed by atoms with van der Waals surface area (Å²) >= 11 is 0. The van der Waals surface area contributed by atoms with E-state index in [1.807, 2.05) is 38.1 Å². The minimum atomic E-state index is -1.16. The molecule has 3 aromatic heterocycles. The van der Waals surface area contributed by atoms with Crippen LogP contribution in [0.3, 0.4) is 0 Å². The summed E-state index contributed by atoms with van der Waals surface area (Å²) in [5.74, 6) is 0.831. The summed E-state index contributed by atoms with van der Waals surface area (Å²) in [6, 6.07) is 9.45. The minimum absolute atomic E-state index is 0. The number of carbonyl (C=O) groups excluding carboxylic acids is 2. The molecular formula is C30H37Cl2N5O5. The molecule has 0 saturated heterocycles. The molecule has 0 unspecified atom stereocenters. The molecule has 0 fully saturated rings. The standard InChI is InChI=1S/C30H35N5O5.2ClH/c1-7-35-24-9-8-21(15-25(24)32(6)28(37)30(4,5)29(35)38)16-33(17-22-18-39-20(3)31-22)12-13-34-11-10-26-23(27(34)36)14-19(2)40-26;;/h8-11,14-15,18H,7,12-13,16-17H2,1-6H3;2*1H. The van der Waals surface area contributed by atoms with Crippen LogP contribution in [0, 0.1) is 19.3 Å². The normalized spacial score (nSPS) is 14.5. The van der Waals surface area contributed by atoms with Gasteiger partial charge in [0.2, 0.25) is 11.8 Å². The van der Waals surface area contributed by atoms with Crippen molar-refractivity contribution in [2.75, 3.05) is 29.9 Å². The third-order valence-electron chi connectivity index (χ3n) is 7.52. The Morgan fingerprint density at radius 1 is 0.976 bits per heavy atom. The highest BCUT2D eigenvalue weighted by Gasteiger charge is 2.45. The maximum absolute atomic E-state index is 13.3. The molecule has 1 aliphatic heterocycles. The first kappa shape index (κ1) is 32.9. The van der Waals surface area contributed by atoms with Crippen LogP contribution in [-0.2, 0) is 29.2 Å². The summed E-state index contributed by atoms with van der Waals surface area (Å²) in [5, 5.41) is 0.565. The Bertz CT molecular complexity index is 1660. The van der Waals surface area contributed by atoms with E-state index in [0.29, 0.717) is 66.7 Å². The highest BCUT2D eigenvalue weighted by molar-refractivity contribution is 6.19. The lowest BCUT2D eigenvalue weighted by molar-refractivity contribution is -0.137. The average Bonchev–Trinajstić information content (AvgIpc) is 3.51. The van der Waals surface area contributed by atoms with Gasteiger partial charge in [-0.05, 0) is 57.5 Å². The van der Waals surface area contributed by atoms with Gasteiger partial charge in [0, 0.05) is 52.9 Å². The predicted molar refractivity (Wildman–Crippen MR) is 167 cm³/mol. The Balaban J connectivity index is 0.00000242. The number of furan rings is 1. The molecule has 10 nitrogen and oxygen atoms in total. The smallest absolute Gasteiger partial charge is 0.261 e. The van der Waals surface area contributed by atoms with Crippen molar-refractivity contribution in [2.24, 2.45) is 5.41 Å². The zero-order valence-corrected chi connectivity index (χ0v) is 26.3. The summed E-state index contributed by atoms with van der Waals surface area (Å²) in [6.45, 7) is 11.4. The number of nitrogens with zero attached hydrogens (tertiary/aromatic N) is 5. The Morgan fingerprint density at radius 3 is 2.38 bits per heavy atom. The zero-order valence-electron chi connectivity index (χ0n) is 24.7. The van der Waals surface area contributed by atoms with Gasteiger partial charge in [-0.2, -0.15) is 0 Å². The van der Waals surface area contributed by atoms with Gasteiger partial charge in [-0.25, -0.2) is 4.98 Å². The van der Waals surface area contributed by atoms with Gasteiger partial charge in [0.25, 0.3) is 5.56 Å². The topological polar surface area (TPSA) is 105 Å². The van der Waals surface area contributed by atoms with Crippen LogP contribution in [0.15, 0.2) is 56.4 Å². The summed E-state index contributed by atoms with van der Waals surface area (Å²) in [6.07, 6.45) is 3.40. The molecule has 42 heavy (non-hydrogen) atoms. The molecule has 0 spiro atoms. The Kier molecular flexibility index (Phi) is 9.97. The first-order chi connectivity index (χ1) is 19.0. The Labute approximate surface area is 257 Å². The monoisotopic (exact) mass is 617 g/mol. The van der Waals surface area contributed by atoms with Gasteiger partial charge in [-0.3, -0.25) is 19.3 Å². The molecule has 1 aromatic carbocycles. The molecule has 226 valence electrons. The van der Waals surface area contributed by atoms with Crippen LogP contribution >= 0.6 is 24.8 Å². The zero-order chi connectivity index (χ0) is 28.8. The minimum Gasteiger partial charge on any atom is -0.461 e. The molecule has 0 aliphatic carbocycles. The summed E-state index contributed by atoms with van der Waals surface area (Å²) in [5.41, 5.74) is 2.49. The number of aryl methyl sites for hydroxylation is 2. The van der Waals surface area contributed by atoms with Crippen molar-refractivity contribution >= 4 is 59.0 Å². The van der Waals surface area contributed by atoms with E-state index in [0.717, 1.165) is 11.3 Å². The third-order valence-corrected chi connectivity index (χ3v) is 7.52. The second-order valence-electron chi connectivity index (χ2n) is 10.9. The number of hydrogen-bond acceptors (Lipinski definition) is 7. The van der Waals surface area contributed by atoms with E-state index in [9.17, 15) is 14.4 Å². The number of aromatic nitrogens is 2. The quantitative estimate of drug-likeness (QED) is 0.253. The van der Waals surface area contributed by atoms with E-state index in [1.165, 1.54) is 0 Å². The summed E-state index contributed by atoms with van der Waals surface area (Å²) in [7, 11) is 1.72. The number of pyridine rings is 1. The molecule has 4 aromatic rings. The van der Waals surface area contributed by atoms with E-state index in [4.69, 9.17) is 8.83 Å². The lowest BCUT2D eigenvalue weighted by Crippen LogP contribution is -2.47. The van der Waals surface area contributed by atoms with Crippen molar-refractivity contribution in [3.05, 3.63) is 76.1 Å². The van der Waals surface area contributed by atoms with E-state index in [1.54, 1.807) is 60.7 Å². The number of halogens is 2. The molecule has 0 radical (unpaired) electrons. The molecule has 0 atom stereocenters. The van der Waals surface area contributed by atoms with E-state index in [-0.39, 0.29) is 42.2 Å². The maximum atomic E-state index is 13.3. The van der Waals surface area contributed by atoms with Crippen molar-refractivity contribution in [3.8, 4) is 0 Å². The molecule has 12 heteroatoms. The van der Waals surface area contributed by atoms with Crippen molar-refractivity contribution in [3.63, 3.8) is 0 Å². The van der Waals surface area contributed by atoms with Crippen molar-refractivity contribution < 1.29 is 18.4 Å². The number of benzene rings is 1. The van der Waals surface area contributed by atoms with Crippen LogP contribution in [0.25, 0.3) is 11.0 Å². The van der Waals surface area contributed by atoms with Crippen LogP contribution < -0.4 is 15.4 Å². The van der Waals surface area contributed by atoms with Gasteiger partial charge in [0.05, 0.1) is 22.5 Å². The molecule has 4 heterocycles. The second kappa shape index (κ2) is 12.7. The molecule has 2 amide bonds. The van der Waals surface area contributed by atoms with Crippen molar-refractivity contribution in [1.29, 1.82) is 0 Å². The Hall–Kier alpha value is -3.60. The SMILES string of the molecule is CCN1C(=O)C(C)(C)C(=O)N(C)c2cc(CN(CCn3ccc4oc(C)cc4c3=O)Cc3coc(C)n3)ccc21.Cl.Cl.